The summed E-state index contributed by atoms with van der Waals surface area (Å²) in [5, 5.41) is 3.48. The lowest BCUT2D eigenvalue weighted by molar-refractivity contribution is 0.112. The molecule has 0 spiro atoms. The predicted molar refractivity (Wildman–Crippen MR) is 88.8 cm³/mol. The number of piperidine rings is 1. The van der Waals surface area contributed by atoms with Crippen LogP contribution in [-0.4, -0.2) is 37.7 Å². The molecule has 0 amide bonds. The van der Waals surface area contributed by atoms with E-state index in [9.17, 15) is 0 Å². The van der Waals surface area contributed by atoms with Crippen LogP contribution in [0.15, 0.2) is 24.3 Å². The van der Waals surface area contributed by atoms with Crippen molar-refractivity contribution in [3.8, 4) is 5.75 Å². The van der Waals surface area contributed by atoms with Gasteiger partial charge in [0.15, 0.2) is 0 Å². The smallest absolute Gasteiger partial charge is 0.124 e. The van der Waals surface area contributed by atoms with E-state index in [2.05, 4.69) is 42.3 Å². The predicted octanol–water partition coefficient (Wildman–Crippen LogP) is 3.47. The number of benzene rings is 1. The van der Waals surface area contributed by atoms with Gasteiger partial charge in [0.25, 0.3) is 0 Å². The molecule has 1 aromatic carbocycles. The van der Waals surface area contributed by atoms with E-state index >= 15 is 0 Å². The summed E-state index contributed by atoms with van der Waals surface area (Å²) in [5.41, 5.74) is 1.27. The van der Waals surface area contributed by atoms with Gasteiger partial charge < -0.3 is 10.1 Å². The lowest BCUT2D eigenvalue weighted by atomic mass is 9.94. The van der Waals surface area contributed by atoms with Gasteiger partial charge in [-0.05, 0) is 45.7 Å². The SMILES string of the molecule is CCOc1ccccc1C(CN1CC(C)CCC1C)NC. The summed E-state index contributed by atoms with van der Waals surface area (Å²) in [6, 6.07) is 9.41. The molecule has 1 saturated heterocycles. The van der Waals surface area contributed by atoms with Crippen molar-refractivity contribution in [2.24, 2.45) is 5.92 Å². The van der Waals surface area contributed by atoms with Crippen LogP contribution in [0.5, 0.6) is 5.75 Å². The molecule has 3 nitrogen and oxygen atoms in total. The van der Waals surface area contributed by atoms with Gasteiger partial charge in [-0.2, -0.15) is 0 Å². The van der Waals surface area contributed by atoms with Crippen molar-refractivity contribution in [3.05, 3.63) is 29.8 Å². The van der Waals surface area contributed by atoms with Crippen LogP contribution >= 0.6 is 0 Å². The van der Waals surface area contributed by atoms with Crippen LogP contribution in [0, 0.1) is 5.92 Å². The van der Waals surface area contributed by atoms with Crippen LogP contribution < -0.4 is 10.1 Å². The molecular weight excluding hydrogens is 260 g/mol. The number of likely N-dealkylation sites (tertiary alicyclic amines) is 1. The van der Waals surface area contributed by atoms with Gasteiger partial charge in [-0.15, -0.1) is 0 Å². The number of rotatable bonds is 6. The Labute approximate surface area is 129 Å². The molecule has 3 heteroatoms. The first-order chi connectivity index (χ1) is 10.2. The van der Waals surface area contributed by atoms with Crippen LogP contribution in [-0.2, 0) is 0 Å². The summed E-state index contributed by atoms with van der Waals surface area (Å²) in [6.45, 7) is 9.72. The van der Waals surface area contributed by atoms with Gasteiger partial charge in [0.1, 0.15) is 5.75 Å². The van der Waals surface area contributed by atoms with Crippen LogP contribution in [0.1, 0.15) is 45.2 Å². The number of nitrogens with one attached hydrogen (secondary N) is 1. The van der Waals surface area contributed by atoms with Gasteiger partial charge in [0.05, 0.1) is 6.61 Å². The molecule has 1 fully saturated rings. The minimum atomic E-state index is 0.320. The first-order valence-corrected chi connectivity index (χ1v) is 8.28. The minimum absolute atomic E-state index is 0.320. The number of ether oxygens (including phenoxy) is 1. The van der Waals surface area contributed by atoms with Gasteiger partial charge >= 0.3 is 0 Å². The number of para-hydroxylation sites is 1. The normalized spacial score (nSPS) is 24.8. The monoisotopic (exact) mass is 290 g/mol. The Bertz CT molecular complexity index is 435. The quantitative estimate of drug-likeness (QED) is 0.868. The maximum Gasteiger partial charge on any atom is 0.124 e. The molecule has 1 aliphatic rings. The van der Waals surface area contributed by atoms with Crippen molar-refractivity contribution in [1.29, 1.82) is 0 Å². The molecule has 3 unspecified atom stereocenters. The van der Waals surface area contributed by atoms with Crippen molar-refractivity contribution >= 4 is 0 Å². The summed E-state index contributed by atoms with van der Waals surface area (Å²) < 4.78 is 5.80. The van der Waals surface area contributed by atoms with Crippen molar-refractivity contribution in [3.63, 3.8) is 0 Å². The molecule has 21 heavy (non-hydrogen) atoms. The number of hydrogen-bond donors (Lipinski definition) is 1. The van der Waals surface area contributed by atoms with Crippen LogP contribution in [0.25, 0.3) is 0 Å². The van der Waals surface area contributed by atoms with Gasteiger partial charge in [0, 0.05) is 30.7 Å². The summed E-state index contributed by atoms with van der Waals surface area (Å²) in [5.74, 6) is 1.82. The van der Waals surface area contributed by atoms with Gasteiger partial charge in [0.2, 0.25) is 0 Å². The van der Waals surface area contributed by atoms with E-state index in [-0.39, 0.29) is 0 Å². The second-order valence-corrected chi connectivity index (χ2v) is 6.30. The Morgan fingerprint density at radius 3 is 2.76 bits per heavy atom. The molecule has 1 heterocycles. The van der Waals surface area contributed by atoms with E-state index in [0.717, 1.165) is 18.2 Å². The molecule has 0 radical (unpaired) electrons. The molecule has 0 aliphatic carbocycles. The fraction of sp³-hybridized carbons (Fsp3) is 0.667. The lowest BCUT2D eigenvalue weighted by Crippen LogP contribution is -2.45. The Kier molecular flexibility index (Phi) is 6.07. The highest BCUT2D eigenvalue weighted by Gasteiger charge is 2.26. The van der Waals surface area contributed by atoms with Crippen LogP contribution in [0.2, 0.25) is 0 Å². The molecule has 2 rings (SSSR count). The second-order valence-electron chi connectivity index (χ2n) is 6.30. The van der Waals surface area contributed by atoms with Crippen molar-refractivity contribution in [2.75, 3.05) is 26.7 Å². The molecule has 1 aromatic rings. The van der Waals surface area contributed by atoms with E-state index in [1.165, 1.54) is 24.9 Å². The van der Waals surface area contributed by atoms with E-state index < -0.39 is 0 Å². The Balaban J connectivity index is 2.12. The zero-order chi connectivity index (χ0) is 15.2. The molecule has 0 aromatic heterocycles. The second kappa shape index (κ2) is 7.81. The summed E-state index contributed by atoms with van der Waals surface area (Å²) >= 11 is 0. The lowest BCUT2D eigenvalue weighted by Gasteiger charge is -2.39. The summed E-state index contributed by atoms with van der Waals surface area (Å²) in [6.07, 6.45) is 2.67. The first kappa shape index (κ1) is 16.3. The largest absolute Gasteiger partial charge is 0.494 e. The molecule has 1 N–H and O–H groups in total. The molecule has 1 aliphatic heterocycles. The maximum atomic E-state index is 5.80. The number of nitrogens with zero attached hydrogens (tertiary/aromatic N) is 1. The van der Waals surface area contributed by atoms with Crippen molar-refractivity contribution in [1.82, 2.24) is 10.2 Å². The maximum absolute atomic E-state index is 5.80. The molecule has 0 bridgehead atoms. The van der Waals surface area contributed by atoms with Crippen molar-refractivity contribution < 1.29 is 4.74 Å². The average molecular weight is 290 g/mol. The molecule has 3 atom stereocenters. The summed E-state index contributed by atoms with van der Waals surface area (Å²) in [4.78, 5) is 2.62. The molecule has 118 valence electrons. The number of hydrogen-bond acceptors (Lipinski definition) is 3. The highest BCUT2D eigenvalue weighted by Crippen LogP contribution is 2.28. The minimum Gasteiger partial charge on any atom is -0.494 e. The highest BCUT2D eigenvalue weighted by atomic mass is 16.5. The van der Waals surface area contributed by atoms with Gasteiger partial charge in [-0.1, -0.05) is 25.1 Å². The molecule has 0 saturated carbocycles. The fourth-order valence-electron chi connectivity index (χ4n) is 3.27. The Morgan fingerprint density at radius 2 is 2.05 bits per heavy atom. The van der Waals surface area contributed by atoms with Gasteiger partial charge in [-0.3, -0.25) is 4.90 Å². The molecular formula is C18H30N2O. The topological polar surface area (TPSA) is 24.5 Å². The summed E-state index contributed by atoms with van der Waals surface area (Å²) in [7, 11) is 2.05. The Hall–Kier alpha value is -1.06. The Morgan fingerprint density at radius 1 is 1.29 bits per heavy atom. The van der Waals surface area contributed by atoms with Crippen LogP contribution in [0.4, 0.5) is 0 Å². The standard InChI is InChI=1S/C18H30N2O/c1-5-21-18-9-7-6-8-16(18)17(19-4)13-20-12-14(2)10-11-15(20)3/h6-9,14-15,17,19H,5,10-13H2,1-4H3. The van der Waals surface area contributed by atoms with Crippen molar-refractivity contribution in [2.45, 2.75) is 45.7 Å². The van der Waals surface area contributed by atoms with Gasteiger partial charge in [-0.25, -0.2) is 0 Å². The zero-order valence-electron chi connectivity index (χ0n) is 13.9. The van der Waals surface area contributed by atoms with Crippen LogP contribution in [0.3, 0.4) is 0 Å². The number of likely N-dealkylation sites (N-methyl/N-ethyl adjacent to an activating group) is 1. The average Bonchev–Trinajstić information content (AvgIpc) is 2.49. The van der Waals surface area contributed by atoms with E-state index in [4.69, 9.17) is 4.74 Å². The van der Waals surface area contributed by atoms with E-state index in [0.29, 0.717) is 18.7 Å². The third kappa shape index (κ3) is 4.21. The first-order valence-electron chi connectivity index (χ1n) is 8.28. The highest BCUT2D eigenvalue weighted by molar-refractivity contribution is 5.36. The third-order valence-corrected chi connectivity index (χ3v) is 4.61. The third-order valence-electron chi connectivity index (χ3n) is 4.61. The van der Waals surface area contributed by atoms with E-state index in [1.807, 2.05) is 20.0 Å². The van der Waals surface area contributed by atoms with E-state index in [1.54, 1.807) is 0 Å². The zero-order valence-corrected chi connectivity index (χ0v) is 13.9. The fourth-order valence-corrected chi connectivity index (χ4v) is 3.27.